The Hall–Kier alpha value is -0.810. The van der Waals surface area contributed by atoms with Crippen molar-refractivity contribution in [1.29, 1.82) is 0 Å². The van der Waals surface area contributed by atoms with Gasteiger partial charge in [-0.15, -0.1) is 0 Å². The number of guanidine groups is 1. The van der Waals surface area contributed by atoms with E-state index in [0.717, 1.165) is 57.2 Å². The van der Waals surface area contributed by atoms with Crippen LogP contribution in [0.15, 0.2) is 4.99 Å². The van der Waals surface area contributed by atoms with E-state index >= 15 is 0 Å². The molecule has 0 bridgehead atoms. The number of ether oxygens (including phenoxy) is 1. The first-order chi connectivity index (χ1) is 9.83. The van der Waals surface area contributed by atoms with Crippen LogP contribution < -0.4 is 10.6 Å². The predicted octanol–water partition coefficient (Wildman–Crippen LogP) is 1.06. The van der Waals surface area contributed by atoms with Crippen LogP contribution in [0.1, 0.15) is 32.6 Å². The molecule has 2 aliphatic rings. The summed E-state index contributed by atoms with van der Waals surface area (Å²) in [5.74, 6) is 1.82. The van der Waals surface area contributed by atoms with E-state index in [9.17, 15) is 0 Å². The van der Waals surface area contributed by atoms with Crippen molar-refractivity contribution >= 4 is 5.96 Å². The topological polar surface area (TPSA) is 48.9 Å². The molecule has 0 amide bonds. The zero-order chi connectivity index (χ0) is 14.2. The average Bonchev–Trinajstić information content (AvgIpc) is 3.32. The van der Waals surface area contributed by atoms with Gasteiger partial charge in [0.25, 0.3) is 0 Å². The van der Waals surface area contributed by atoms with Gasteiger partial charge in [0, 0.05) is 45.9 Å². The van der Waals surface area contributed by atoms with Gasteiger partial charge in [-0.1, -0.05) is 0 Å². The van der Waals surface area contributed by atoms with E-state index in [1.807, 2.05) is 0 Å². The largest absolute Gasteiger partial charge is 0.383 e. The maximum atomic E-state index is 5.19. The quantitative estimate of drug-likeness (QED) is 0.465. The number of methoxy groups -OCH3 is 1. The molecule has 0 aromatic rings. The second-order valence-electron chi connectivity index (χ2n) is 5.85. The minimum Gasteiger partial charge on any atom is -0.383 e. The normalized spacial score (nSPS) is 19.4. The summed E-state index contributed by atoms with van der Waals surface area (Å²) in [5.41, 5.74) is 0. The molecular formula is C15H30N4O. The smallest absolute Gasteiger partial charge is 0.191 e. The van der Waals surface area contributed by atoms with Crippen LogP contribution in [0.5, 0.6) is 0 Å². The maximum Gasteiger partial charge on any atom is 0.191 e. The summed E-state index contributed by atoms with van der Waals surface area (Å²) in [6.45, 7) is 7.91. The van der Waals surface area contributed by atoms with Crippen molar-refractivity contribution in [3.05, 3.63) is 0 Å². The van der Waals surface area contributed by atoms with Crippen LogP contribution in [0, 0.1) is 5.92 Å². The number of aliphatic imine (C=N–C) groups is 1. The molecule has 2 saturated carbocycles. The molecule has 5 nitrogen and oxygen atoms in total. The zero-order valence-electron chi connectivity index (χ0n) is 13.0. The molecule has 0 aliphatic heterocycles. The van der Waals surface area contributed by atoms with Crippen molar-refractivity contribution in [1.82, 2.24) is 15.5 Å². The Labute approximate surface area is 123 Å². The van der Waals surface area contributed by atoms with Crippen LogP contribution in [0.25, 0.3) is 0 Å². The minimum atomic E-state index is 0.790. The molecule has 20 heavy (non-hydrogen) atoms. The lowest BCUT2D eigenvalue weighted by molar-refractivity contribution is 0.144. The lowest BCUT2D eigenvalue weighted by Gasteiger charge is -2.22. The summed E-state index contributed by atoms with van der Waals surface area (Å²) >= 11 is 0. The van der Waals surface area contributed by atoms with Gasteiger partial charge >= 0.3 is 0 Å². The van der Waals surface area contributed by atoms with Crippen molar-refractivity contribution in [3.8, 4) is 0 Å². The second-order valence-corrected chi connectivity index (χ2v) is 5.85. The van der Waals surface area contributed by atoms with Crippen molar-refractivity contribution in [2.45, 2.75) is 38.6 Å². The van der Waals surface area contributed by atoms with E-state index in [1.165, 1.54) is 25.7 Å². The Bertz CT molecular complexity index is 300. The van der Waals surface area contributed by atoms with Crippen LogP contribution in [-0.4, -0.2) is 63.3 Å². The molecule has 0 heterocycles. The van der Waals surface area contributed by atoms with Crippen LogP contribution in [0.4, 0.5) is 0 Å². The fraction of sp³-hybridized carbons (Fsp3) is 0.933. The van der Waals surface area contributed by atoms with Crippen molar-refractivity contribution < 1.29 is 4.74 Å². The molecule has 5 heteroatoms. The summed E-state index contributed by atoms with van der Waals surface area (Å²) in [7, 11) is 1.77. The lowest BCUT2D eigenvalue weighted by Crippen LogP contribution is -2.42. The van der Waals surface area contributed by atoms with Crippen LogP contribution in [0.3, 0.4) is 0 Å². The highest BCUT2D eigenvalue weighted by Gasteiger charge is 2.28. The highest BCUT2D eigenvalue weighted by molar-refractivity contribution is 5.79. The second kappa shape index (κ2) is 8.47. The average molecular weight is 282 g/mol. The molecule has 2 fully saturated rings. The van der Waals surface area contributed by atoms with E-state index in [0.29, 0.717) is 0 Å². The Morgan fingerprint density at radius 3 is 2.60 bits per heavy atom. The van der Waals surface area contributed by atoms with Crippen molar-refractivity contribution in [2.75, 3.05) is 46.4 Å². The highest BCUT2D eigenvalue weighted by Crippen LogP contribution is 2.28. The Balaban J connectivity index is 1.65. The Morgan fingerprint density at radius 2 is 2.00 bits per heavy atom. The van der Waals surface area contributed by atoms with Crippen molar-refractivity contribution in [3.63, 3.8) is 0 Å². The number of nitrogens with zero attached hydrogens (tertiary/aromatic N) is 2. The molecule has 2 aliphatic carbocycles. The summed E-state index contributed by atoms with van der Waals surface area (Å²) in [4.78, 5) is 7.17. The summed E-state index contributed by atoms with van der Waals surface area (Å²) in [5, 5.41) is 6.77. The summed E-state index contributed by atoms with van der Waals surface area (Å²) < 4.78 is 5.19. The van der Waals surface area contributed by atoms with E-state index in [4.69, 9.17) is 4.74 Å². The van der Waals surface area contributed by atoms with E-state index < -0.39 is 0 Å². The summed E-state index contributed by atoms with van der Waals surface area (Å²) in [6, 6.07) is 0.790. The van der Waals surface area contributed by atoms with Crippen molar-refractivity contribution in [2.24, 2.45) is 10.9 Å². The highest BCUT2D eigenvalue weighted by atomic mass is 16.5. The number of rotatable bonds is 10. The van der Waals surface area contributed by atoms with Gasteiger partial charge in [0.1, 0.15) is 0 Å². The van der Waals surface area contributed by atoms with E-state index in [1.54, 1.807) is 7.11 Å². The Morgan fingerprint density at radius 1 is 1.20 bits per heavy atom. The van der Waals surface area contributed by atoms with Gasteiger partial charge in [-0.2, -0.15) is 0 Å². The zero-order valence-corrected chi connectivity index (χ0v) is 13.0. The molecule has 116 valence electrons. The predicted molar refractivity (Wildman–Crippen MR) is 83.2 cm³/mol. The van der Waals surface area contributed by atoms with Crippen LogP contribution in [-0.2, 0) is 4.74 Å². The van der Waals surface area contributed by atoms with Crippen LogP contribution in [0.2, 0.25) is 0 Å². The molecule has 0 unspecified atom stereocenters. The molecular weight excluding hydrogens is 252 g/mol. The summed E-state index contributed by atoms with van der Waals surface area (Å²) in [6.07, 6.45) is 5.41. The third kappa shape index (κ3) is 6.09. The molecule has 2 rings (SSSR count). The number of hydrogen-bond acceptors (Lipinski definition) is 3. The van der Waals surface area contributed by atoms with Gasteiger partial charge in [0.2, 0.25) is 0 Å². The molecule has 0 atom stereocenters. The van der Waals surface area contributed by atoms with E-state index in [-0.39, 0.29) is 0 Å². The van der Waals surface area contributed by atoms with Gasteiger partial charge < -0.3 is 15.4 Å². The van der Waals surface area contributed by atoms with Gasteiger partial charge in [-0.25, -0.2) is 0 Å². The molecule has 0 radical (unpaired) electrons. The maximum absolute atomic E-state index is 5.19. The van der Waals surface area contributed by atoms with E-state index in [2.05, 4.69) is 27.4 Å². The van der Waals surface area contributed by atoms with Gasteiger partial charge in [0.05, 0.1) is 6.61 Å². The SMILES string of the molecule is CCNC(=NCC1CC1)NCCN(CCOC)C1CC1. The standard InChI is InChI=1S/C15H30N4O/c1-3-16-15(18-12-13-4-5-13)17-8-9-19(10-11-20-2)14-6-7-14/h13-14H,3-12H2,1-2H3,(H2,16,17,18). The lowest BCUT2D eigenvalue weighted by atomic mass is 10.4. The molecule has 0 spiro atoms. The number of nitrogens with one attached hydrogen (secondary N) is 2. The first-order valence-electron chi connectivity index (χ1n) is 8.08. The third-order valence-corrected chi connectivity index (χ3v) is 3.89. The first-order valence-corrected chi connectivity index (χ1v) is 8.08. The molecule has 2 N–H and O–H groups in total. The molecule has 0 aromatic carbocycles. The number of hydrogen-bond donors (Lipinski definition) is 2. The monoisotopic (exact) mass is 282 g/mol. The van der Waals surface area contributed by atoms with Crippen LogP contribution >= 0.6 is 0 Å². The Kier molecular flexibility index (Phi) is 6.60. The van der Waals surface area contributed by atoms with Gasteiger partial charge in [-0.3, -0.25) is 9.89 Å². The fourth-order valence-corrected chi connectivity index (χ4v) is 2.31. The van der Waals surface area contributed by atoms with Gasteiger partial charge in [0.15, 0.2) is 5.96 Å². The molecule has 0 aromatic heterocycles. The minimum absolute atomic E-state index is 0.790. The molecule has 0 saturated heterocycles. The fourth-order valence-electron chi connectivity index (χ4n) is 2.31. The third-order valence-electron chi connectivity index (χ3n) is 3.89. The first kappa shape index (κ1) is 15.6. The van der Waals surface area contributed by atoms with Gasteiger partial charge in [-0.05, 0) is 38.5 Å².